The molecule has 0 aliphatic carbocycles. The van der Waals surface area contributed by atoms with E-state index in [1.165, 1.54) is 35.6 Å². The van der Waals surface area contributed by atoms with Crippen LogP contribution in [-0.4, -0.2) is 23.0 Å². The SMILES string of the molecule is COc1ccc(-c2nc(CC(=O)Oc3ccc([N+](=O)[O-])cc3)cs2)cc1. The summed E-state index contributed by atoms with van der Waals surface area (Å²) in [6.07, 6.45) is 0.0175. The summed E-state index contributed by atoms with van der Waals surface area (Å²) in [6, 6.07) is 12.8. The number of hydrogen-bond acceptors (Lipinski definition) is 7. The molecule has 0 aliphatic heterocycles. The predicted octanol–water partition coefficient (Wildman–Crippen LogP) is 3.88. The smallest absolute Gasteiger partial charge is 0.317 e. The van der Waals surface area contributed by atoms with Gasteiger partial charge >= 0.3 is 5.97 Å². The van der Waals surface area contributed by atoms with Gasteiger partial charge in [-0.3, -0.25) is 14.9 Å². The molecule has 8 heteroatoms. The summed E-state index contributed by atoms with van der Waals surface area (Å²) >= 11 is 1.43. The van der Waals surface area contributed by atoms with Crippen molar-refractivity contribution in [2.45, 2.75) is 6.42 Å². The molecule has 0 atom stereocenters. The Morgan fingerprint density at radius 2 is 1.77 bits per heavy atom. The van der Waals surface area contributed by atoms with Gasteiger partial charge in [0.25, 0.3) is 5.69 Å². The minimum Gasteiger partial charge on any atom is -0.497 e. The van der Waals surface area contributed by atoms with Crippen LogP contribution < -0.4 is 9.47 Å². The summed E-state index contributed by atoms with van der Waals surface area (Å²) in [5, 5.41) is 13.2. The van der Waals surface area contributed by atoms with E-state index in [-0.39, 0.29) is 17.9 Å². The first-order valence-electron chi connectivity index (χ1n) is 7.59. The first-order chi connectivity index (χ1) is 12.5. The van der Waals surface area contributed by atoms with Gasteiger partial charge in [-0.1, -0.05) is 0 Å². The van der Waals surface area contributed by atoms with Gasteiger partial charge in [0.05, 0.1) is 24.1 Å². The molecule has 2 aromatic carbocycles. The molecule has 0 fully saturated rings. The molecule has 0 aliphatic rings. The van der Waals surface area contributed by atoms with Crippen LogP contribution in [0.4, 0.5) is 5.69 Å². The highest BCUT2D eigenvalue weighted by molar-refractivity contribution is 7.13. The van der Waals surface area contributed by atoms with Crippen LogP contribution in [0.1, 0.15) is 5.69 Å². The van der Waals surface area contributed by atoms with Crippen molar-refractivity contribution in [2.24, 2.45) is 0 Å². The van der Waals surface area contributed by atoms with Crippen LogP contribution >= 0.6 is 11.3 Å². The second-order valence-corrected chi connectivity index (χ2v) is 6.13. The summed E-state index contributed by atoms with van der Waals surface area (Å²) in [7, 11) is 1.60. The van der Waals surface area contributed by atoms with E-state index in [4.69, 9.17) is 9.47 Å². The number of nitro benzene ring substituents is 1. The Bertz CT molecular complexity index is 920. The number of methoxy groups -OCH3 is 1. The number of rotatable bonds is 6. The summed E-state index contributed by atoms with van der Waals surface area (Å²) in [6.45, 7) is 0. The molecule has 0 radical (unpaired) electrons. The van der Waals surface area contributed by atoms with Crippen LogP contribution in [0.15, 0.2) is 53.9 Å². The van der Waals surface area contributed by atoms with Crippen molar-refractivity contribution >= 4 is 23.0 Å². The van der Waals surface area contributed by atoms with Crippen molar-refractivity contribution in [1.82, 2.24) is 4.98 Å². The highest BCUT2D eigenvalue weighted by Crippen LogP contribution is 2.26. The molecule has 0 N–H and O–H groups in total. The fourth-order valence-electron chi connectivity index (χ4n) is 2.21. The molecule has 0 amide bonds. The number of esters is 1. The van der Waals surface area contributed by atoms with Gasteiger partial charge in [0.2, 0.25) is 0 Å². The molecule has 0 bridgehead atoms. The van der Waals surface area contributed by atoms with Crippen molar-refractivity contribution in [3.05, 3.63) is 69.7 Å². The lowest BCUT2D eigenvalue weighted by atomic mass is 10.2. The number of hydrogen-bond donors (Lipinski definition) is 0. The Morgan fingerprint density at radius 1 is 1.12 bits per heavy atom. The molecule has 132 valence electrons. The van der Waals surface area contributed by atoms with Gasteiger partial charge in [-0.25, -0.2) is 4.98 Å². The lowest BCUT2D eigenvalue weighted by Crippen LogP contribution is -2.11. The summed E-state index contributed by atoms with van der Waals surface area (Å²) in [5.41, 5.74) is 1.48. The predicted molar refractivity (Wildman–Crippen MR) is 96.5 cm³/mol. The molecule has 0 spiro atoms. The summed E-state index contributed by atoms with van der Waals surface area (Å²) < 4.78 is 10.3. The van der Waals surface area contributed by atoms with E-state index < -0.39 is 10.9 Å². The number of ether oxygens (including phenoxy) is 2. The third kappa shape index (κ3) is 4.22. The molecular formula is C18H14N2O5S. The average Bonchev–Trinajstić information content (AvgIpc) is 3.10. The van der Waals surface area contributed by atoms with Gasteiger partial charge in [-0.2, -0.15) is 0 Å². The number of aromatic nitrogens is 1. The van der Waals surface area contributed by atoms with E-state index in [0.29, 0.717) is 5.69 Å². The largest absolute Gasteiger partial charge is 0.497 e. The normalized spacial score (nSPS) is 10.3. The average molecular weight is 370 g/mol. The van der Waals surface area contributed by atoms with E-state index in [0.717, 1.165) is 16.3 Å². The van der Waals surface area contributed by atoms with E-state index >= 15 is 0 Å². The molecule has 3 rings (SSSR count). The van der Waals surface area contributed by atoms with E-state index in [2.05, 4.69) is 4.98 Å². The monoisotopic (exact) mass is 370 g/mol. The maximum atomic E-state index is 12.0. The third-order valence-electron chi connectivity index (χ3n) is 3.49. The Balaban J connectivity index is 1.62. The first-order valence-corrected chi connectivity index (χ1v) is 8.47. The lowest BCUT2D eigenvalue weighted by molar-refractivity contribution is -0.384. The molecule has 7 nitrogen and oxygen atoms in total. The van der Waals surface area contributed by atoms with Gasteiger partial charge in [0, 0.05) is 23.1 Å². The minimum absolute atomic E-state index is 0.0175. The Morgan fingerprint density at radius 3 is 2.38 bits per heavy atom. The molecule has 3 aromatic rings. The Labute approximate surface area is 153 Å². The van der Waals surface area contributed by atoms with Crippen LogP contribution in [0.3, 0.4) is 0 Å². The maximum Gasteiger partial charge on any atom is 0.317 e. The molecule has 0 saturated heterocycles. The number of carbonyl (C=O) groups excluding carboxylic acids is 1. The molecule has 0 saturated carbocycles. The molecular weight excluding hydrogens is 356 g/mol. The highest BCUT2D eigenvalue weighted by Gasteiger charge is 2.12. The zero-order valence-electron chi connectivity index (χ0n) is 13.7. The Hall–Kier alpha value is -3.26. The van der Waals surface area contributed by atoms with Crippen LogP contribution in [0, 0.1) is 10.1 Å². The van der Waals surface area contributed by atoms with Crippen molar-refractivity contribution in [3.63, 3.8) is 0 Å². The number of nitro groups is 1. The van der Waals surface area contributed by atoms with Crippen molar-refractivity contribution in [1.29, 1.82) is 0 Å². The van der Waals surface area contributed by atoms with Gasteiger partial charge < -0.3 is 9.47 Å². The first kappa shape index (κ1) is 17.6. The quantitative estimate of drug-likeness (QED) is 0.283. The molecule has 0 unspecified atom stereocenters. The lowest BCUT2D eigenvalue weighted by Gasteiger charge is -2.02. The minimum atomic E-state index is -0.512. The van der Waals surface area contributed by atoms with Crippen LogP contribution in [0.25, 0.3) is 10.6 Å². The standard InChI is InChI=1S/C18H14N2O5S/c1-24-15-6-2-12(3-7-15)18-19-13(11-26-18)10-17(21)25-16-8-4-14(5-9-16)20(22)23/h2-9,11H,10H2,1H3. The molecule has 26 heavy (non-hydrogen) atoms. The zero-order chi connectivity index (χ0) is 18.5. The van der Waals surface area contributed by atoms with Crippen LogP contribution in [-0.2, 0) is 11.2 Å². The fourth-order valence-corrected chi connectivity index (χ4v) is 3.03. The van der Waals surface area contributed by atoms with Gasteiger partial charge in [0.1, 0.15) is 16.5 Å². The number of thiazole rings is 1. The van der Waals surface area contributed by atoms with Crippen molar-refractivity contribution < 1.29 is 19.2 Å². The van der Waals surface area contributed by atoms with Crippen molar-refractivity contribution in [2.75, 3.05) is 7.11 Å². The zero-order valence-corrected chi connectivity index (χ0v) is 14.6. The number of carbonyl (C=O) groups is 1. The van der Waals surface area contributed by atoms with E-state index in [9.17, 15) is 14.9 Å². The number of non-ortho nitro benzene ring substituents is 1. The number of nitrogens with zero attached hydrogens (tertiary/aromatic N) is 2. The Kier molecular flexibility index (Phi) is 5.23. The second-order valence-electron chi connectivity index (χ2n) is 5.27. The van der Waals surface area contributed by atoms with Gasteiger partial charge in [-0.15, -0.1) is 11.3 Å². The van der Waals surface area contributed by atoms with Gasteiger partial charge in [0.15, 0.2) is 0 Å². The van der Waals surface area contributed by atoms with E-state index in [1.807, 2.05) is 24.3 Å². The summed E-state index contributed by atoms with van der Waals surface area (Å²) in [5.74, 6) is 0.536. The summed E-state index contributed by atoms with van der Waals surface area (Å²) in [4.78, 5) is 26.6. The number of benzene rings is 2. The third-order valence-corrected chi connectivity index (χ3v) is 4.43. The van der Waals surface area contributed by atoms with Crippen LogP contribution in [0.5, 0.6) is 11.5 Å². The van der Waals surface area contributed by atoms with Gasteiger partial charge in [-0.05, 0) is 36.4 Å². The molecule has 1 heterocycles. The van der Waals surface area contributed by atoms with E-state index in [1.54, 1.807) is 12.5 Å². The maximum absolute atomic E-state index is 12.0. The second kappa shape index (κ2) is 7.75. The highest BCUT2D eigenvalue weighted by atomic mass is 32.1. The van der Waals surface area contributed by atoms with Crippen molar-refractivity contribution in [3.8, 4) is 22.1 Å². The molecule has 1 aromatic heterocycles. The topological polar surface area (TPSA) is 91.6 Å². The fraction of sp³-hybridized carbons (Fsp3) is 0.111. The van der Waals surface area contributed by atoms with Crippen LogP contribution in [0.2, 0.25) is 0 Å².